The Morgan fingerprint density at radius 3 is 2.70 bits per heavy atom. The number of amides is 2. The summed E-state index contributed by atoms with van der Waals surface area (Å²) in [6, 6.07) is 3.42. The Kier molecular flexibility index (Phi) is 4.13. The molecule has 2 amide bonds. The molecule has 1 aromatic carbocycles. The van der Waals surface area contributed by atoms with Gasteiger partial charge in [-0.1, -0.05) is 18.5 Å². The number of likely N-dealkylation sites (tertiary alicyclic amines) is 1. The summed E-state index contributed by atoms with van der Waals surface area (Å²) in [6.45, 7) is 2.23. The second kappa shape index (κ2) is 5.66. The number of aliphatic carboxylic acids is 1. The number of anilines is 1. The van der Waals surface area contributed by atoms with Gasteiger partial charge < -0.3 is 15.3 Å². The van der Waals surface area contributed by atoms with Crippen LogP contribution < -0.4 is 5.32 Å². The Labute approximate surface area is 120 Å². The van der Waals surface area contributed by atoms with Gasteiger partial charge in [0.25, 0.3) is 0 Å². The highest BCUT2D eigenvalue weighted by molar-refractivity contribution is 6.30. The summed E-state index contributed by atoms with van der Waals surface area (Å²) in [5.74, 6) is -2.28. The van der Waals surface area contributed by atoms with Gasteiger partial charge in [-0.25, -0.2) is 9.18 Å². The van der Waals surface area contributed by atoms with E-state index in [2.05, 4.69) is 5.32 Å². The van der Waals surface area contributed by atoms with Gasteiger partial charge in [0.2, 0.25) is 0 Å². The van der Waals surface area contributed by atoms with E-state index in [1.54, 1.807) is 6.92 Å². The van der Waals surface area contributed by atoms with Gasteiger partial charge in [0, 0.05) is 18.1 Å². The minimum atomic E-state index is -0.925. The maximum Gasteiger partial charge on any atom is 0.321 e. The molecule has 0 radical (unpaired) electrons. The van der Waals surface area contributed by atoms with Crippen molar-refractivity contribution in [1.29, 1.82) is 0 Å². The zero-order chi connectivity index (χ0) is 14.9. The van der Waals surface area contributed by atoms with Crippen LogP contribution in [-0.4, -0.2) is 35.1 Å². The Bertz CT molecular complexity index is 552. The molecule has 0 saturated carbocycles. The number of benzene rings is 1. The molecule has 2 unspecified atom stereocenters. The number of halogens is 2. The quantitative estimate of drug-likeness (QED) is 0.882. The molecule has 5 nitrogen and oxygen atoms in total. The smallest absolute Gasteiger partial charge is 0.321 e. The Hall–Kier alpha value is -1.82. The van der Waals surface area contributed by atoms with Crippen LogP contribution in [0.15, 0.2) is 18.2 Å². The number of nitrogens with zero attached hydrogens (tertiary/aromatic N) is 1. The van der Waals surface area contributed by atoms with Crippen LogP contribution in [0.1, 0.15) is 6.92 Å². The predicted octanol–water partition coefficient (Wildman–Crippen LogP) is 2.66. The summed E-state index contributed by atoms with van der Waals surface area (Å²) in [4.78, 5) is 24.4. The van der Waals surface area contributed by atoms with Gasteiger partial charge in [-0.3, -0.25) is 4.79 Å². The molecule has 1 aliphatic heterocycles. The SMILES string of the molecule is CC1CN(C(=O)Nc2ccc(Cl)cc2F)CC1C(=O)O. The van der Waals surface area contributed by atoms with E-state index in [0.717, 1.165) is 6.07 Å². The van der Waals surface area contributed by atoms with Gasteiger partial charge in [0.15, 0.2) is 0 Å². The van der Waals surface area contributed by atoms with Gasteiger partial charge in [0.05, 0.1) is 11.6 Å². The Morgan fingerprint density at radius 2 is 2.15 bits per heavy atom. The van der Waals surface area contributed by atoms with Gasteiger partial charge >= 0.3 is 12.0 Å². The molecule has 2 N–H and O–H groups in total. The van der Waals surface area contributed by atoms with Crippen LogP contribution in [0.5, 0.6) is 0 Å². The second-order valence-electron chi connectivity index (χ2n) is 4.88. The van der Waals surface area contributed by atoms with E-state index < -0.39 is 23.7 Å². The number of carbonyl (C=O) groups is 2. The normalized spacial score (nSPS) is 21.9. The lowest BCUT2D eigenvalue weighted by molar-refractivity contribution is -0.142. The maximum absolute atomic E-state index is 13.6. The van der Waals surface area contributed by atoms with Gasteiger partial charge in [-0.05, 0) is 24.1 Å². The Morgan fingerprint density at radius 1 is 1.45 bits per heavy atom. The van der Waals surface area contributed by atoms with E-state index in [0.29, 0.717) is 6.54 Å². The molecule has 0 aliphatic carbocycles. The van der Waals surface area contributed by atoms with Crippen molar-refractivity contribution < 1.29 is 19.1 Å². The first-order valence-corrected chi connectivity index (χ1v) is 6.50. The fourth-order valence-electron chi connectivity index (χ4n) is 2.24. The zero-order valence-electron chi connectivity index (χ0n) is 10.8. The zero-order valence-corrected chi connectivity index (χ0v) is 11.5. The van der Waals surface area contributed by atoms with E-state index in [9.17, 15) is 14.0 Å². The van der Waals surface area contributed by atoms with Crippen LogP contribution in [0, 0.1) is 17.7 Å². The largest absolute Gasteiger partial charge is 0.481 e. The highest BCUT2D eigenvalue weighted by Gasteiger charge is 2.37. The molecule has 1 aromatic rings. The van der Waals surface area contributed by atoms with Gasteiger partial charge in [0.1, 0.15) is 5.82 Å². The number of hydrogen-bond acceptors (Lipinski definition) is 2. The van der Waals surface area contributed by atoms with Crippen LogP contribution in [0.4, 0.5) is 14.9 Å². The van der Waals surface area contributed by atoms with Gasteiger partial charge in [-0.15, -0.1) is 0 Å². The van der Waals surface area contributed by atoms with Gasteiger partial charge in [-0.2, -0.15) is 0 Å². The van der Waals surface area contributed by atoms with E-state index in [1.807, 2.05) is 0 Å². The lowest BCUT2D eigenvalue weighted by Gasteiger charge is -2.17. The molecule has 1 saturated heterocycles. The minimum absolute atomic E-state index is 0.0193. The molecule has 108 valence electrons. The van der Waals surface area contributed by atoms with Crippen molar-refractivity contribution in [3.63, 3.8) is 0 Å². The molecule has 2 rings (SSSR count). The molecule has 1 aliphatic rings. The van der Waals surface area contributed by atoms with Crippen molar-refractivity contribution in [1.82, 2.24) is 4.90 Å². The molecule has 2 atom stereocenters. The molecule has 20 heavy (non-hydrogen) atoms. The molecular weight excluding hydrogens is 287 g/mol. The molecule has 0 aromatic heterocycles. The van der Waals surface area contributed by atoms with Crippen LogP contribution in [0.3, 0.4) is 0 Å². The number of carboxylic acids is 1. The number of carboxylic acid groups (broad SMARTS) is 1. The topological polar surface area (TPSA) is 69.6 Å². The number of carbonyl (C=O) groups excluding carboxylic acids is 1. The fourth-order valence-corrected chi connectivity index (χ4v) is 2.40. The first kappa shape index (κ1) is 14.6. The minimum Gasteiger partial charge on any atom is -0.481 e. The van der Waals surface area contributed by atoms with Crippen LogP contribution in [0.2, 0.25) is 5.02 Å². The first-order valence-electron chi connectivity index (χ1n) is 6.12. The molecule has 0 spiro atoms. The predicted molar refractivity (Wildman–Crippen MR) is 72.3 cm³/mol. The summed E-state index contributed by atoms with van der Waals surface area (Å²) in [5, 5.41) is 11.7. The van der Waals surface area contributed by atoms with Crippen molar-refractivity contribution in [3.8, 4) is 0 Å². The molecule has 7 heteroatoms. The molecule has 0 bridgehead atoms. The van der Waals surface area contributed by atoms with Crippen LogP contribution in [-0.2, 0) is 4.79 Å². The standard InChI is InChI=1S/C13H14ClFN2O3/c1-7-5-17(6-9(7)12(18)19)13(20)16-11-3-2-8(14)4-10(11)15/h2-4,7,9H,5-6H2,1H3,(H,16,20)(H,18,19). The van der Waals surface area contributed by atoms with Crippen molar-refractivity contribution in [2.75, 3.05) is 18.4 Å². The summed E-state index contributed by atoms with van der Waals surface area (Å²) in [5.41, 5.74) is 0.0193. The first-order chi connectivity index (χ1) is 9.38. The summed E-state index contributed by atoms with van der Waals surface area (Å²) in [6.07, 6.45) is 0. The average molecular weight is 301 g/mol. The lowest BCUT2D eigenvalue weighted by Crippen LogP contribution is -2.34. The van der Waals surface area contributed by atoms with E-state index >= 15 is 0 Å². The van der Waals surface area contributed by atoms with Crippen LogP contribution in [0.25, 0.3) is 0 Å². The number of rotatable bonds is 2. The van der Waals surface area contributed by atoms with E-state index in [4.69, 9.17) is 16.7 Å². The molecule has 1 heterocycles. The highest BCUT2D eigenvalue weighted by atomic mass is 35.5. The third kappa shape index (κ3) is 3.01. The summed E-state index contributed by atoms with van der Waals surface area (Å²) < 4.78 is 13.6. The summed E-state index contributed by atoms with van der Waals surface area (Å²) >= 11 is 5.63. The highest BCUT2D eigenvalue weighted by Crippen LogP contribution is 2.25. The fraction of sp³-hybridized carbons (Fsp3) is 0.385. The third-order valence-corrected chi connectivity index (χ3v) is 3.62. The number of urea groups is 1. The number of nitrogens with one attached hydrogen (secondary N) is 1. The Balaban J connectivity index is 2.04. The second-order valence-corrected chi connectivity index (χ2v) is 5.32. The number of hydrogen-bond donors (Lipinski definition) is 2. The van der Waals surface area contributed by atoms with Crippen molar-refractivity contribution in [2.45, 2.75) is 6.92 Å². The van der Waals surface area contributed by atoms with E-state index in [-0.39, 0.29) is 23.2 Å². The molecule has 1 fully saturated rings. The maximum atomic E-state index is 13.6. The molecular formula is C13H14ClFN2O3. The lowest BCUT2D eigenvalue weighted by atomic mass is 9.99. The van der Waals surface area contributed by atoms with E-state index in [1.165, 1.54) is 17.0 Å². The monoisotopic (exact) mass is 300 g/mol. The van der Waals surface area contributed by atoms with Crippen LogP contribution >= 0.6 is 11.6 Å². The van der Waals surface area contributed by atoms with Crippen molar-refractivity contribution >= 4 is 29.3 Å². The average Bonchev–Trinajstić information content (AvgIpc) is 2.75. The van der Waals surface area contributed by atoms with Crippen molar-refractivity contribution in [2.24, 2.45) is 11.8 Å². The summed E-state index contributed by atoms with van der Waals surface area (Å²) in [7, 11) is 0. The third-order valence-electron chi connectivity index (χ3n) is 3.39. The van der Waals surface area contributed by atoms with Crippen molar-refractivity contribution in [3.05, 3.63) is 29.0 Å².